The molecule has 0 atom stereocenters. The Hall–Kier alpha value is -2.17. The molecule has 1 fully saturated rings. The van der Waals surface area contributed by atoms with Gasteiger partial charge >= 0.3 is 0 Å². The van der Waals surface area contributed by atoms with Crippen molar-refractivity contribution < 1.29 is 14.4 Å². The quantitative estimate of drug-likeness (QED) is 0.389. The van der Waals surface area contributed by atoms with Gasteiger partial charge in [-0.3, -0.25) is 19.3 Å². The molecule has 1 saturated heterocycles. The number of benzene rings is 1. The summed E-state index contributed by atoms with van der Waals surface area (Å²) in [6.45, 7) is 2.68. The van der Waals surface area contributed by atoms with Crippen LogP contribution in [0.3, 0.4) is 0 Å². The predicted molar refractivity (Wildman–Crippen MR) is 112 cm³/mol. The standard InChI is InChI=1S/C23H34N2O3/c1-2-19-13-10-11-14-20(19)24-21(26)15-9-7-5-3-4-6-8-12-18-25-22(27)16-17-23(25)28/h10-11,13-14H,2-9,12,15-18H2,1H3,(H,24,26). The van der Waals surface area contributed by atoms with Crippen molar-refractivity contribution in [2.75, 3.05) is 11.9 Å². The third-order valence-corrected chi connectivity index (χ3v) is 5.36. The van der Waals surface area contributed by atoms with E-state index < -0.39 is 0 Å². The van der Waals surface area contributed by atoms with Gasteiger partial charge in [-0.1, -0.05) is 63.6 Å². The van der Waals surface area contributed by atoms with Gasteiger partial charge < -0.3 is 5.32 Å². The lowest BCUT2D eigenvalue weighted by Crippen LogP contribution is -2.29. The molecule has 0 aromatic heterocycles. The van der Waals surface area contributed by atoms with Crippen molar-refractivity contribution in [1.29, 1.82) is 0 Å². The number of hydrogen-bond donors (Lipinski definition) is 1. The van der Waals surface area contributed by atoms with Crippen molar-refractivity contribution in [2.45, 2.75) is 84.0 Å². The van der Waals surface area contributed by atoms with Crippen LogP contribution in [-0.4, -0.2) is 29.2 Å². The summed E-state index contributed by atoms with van der Waals surface area (Å²) < 4.78 is 0. The van der Waals surface area contributed by atoms with Crippen LogP contribution in [0.2, 0.25) is 0 Å². The maximum absolute atomic E-state index is 12.1. The Bertz CT molecular complexity index is 641. The Balaban J connectivity index is 1.43. The van der Waals surface area contributed by atoms with E-state index in [0.717, 1.165) is 50.6 Å². The number of para-hydroxylation sites is 1. The Kier molecular flexibility index (Phi) is 9.73. The predicted octanol–water partition coefficient (Wildman–Crippen LogP) is 4.85. The van der Waals surface area contributed by atoms with E-state index in [1.807, 2.05) is 18.2 Å². The van der Waals surface area contributed by atoms with E-state index in [9.17, 15) is 14.4 Å². The van der Waals surface area contributed by atoms with E-state index in [2.05, 4.69) is 18.3 Å². The molecule has 2 rings (SSSR count). The van der Waals surface area contributed by atoms with E-state index in [1.165, 1.54) is 23.3 Å². The van der Waals surface area contributed by atoms with E-state index >= 15 is 0 Å². The highest BCUT2D eigenvalue weighted by atomic mass is 16.2. The zero-order valence-electron chi connectivity index (χ0n) is 17.2. The minimum atomic E-state index is -0.00720. The van der Waals surface area contributed by atoms with Gasteiger partial charge in [-0.05, 0) is 30.9 Å². The number of carbonyl (C=O) groups excluding carboxylic acids is 3. The number of anilines is 1. The van der Waals surface area contributed by atoms with E-state index in [4.69, 9.17) is 0 Å². The SMILES string of the molecule is CCc1ccccc1NC(=O)CCCCCCCCCCN1C(=O)CCC1=O. The number of likely N-dealkylation sites (tertiary alicyclic amines) is 1. The van der Waals surface area contributed by atoms with Crippen molar-refractivity contribution in [3.05, 3.63) is 29.8 Å². The molecule has 5 nitrogen and oxygen atoms in total. The first kappa shape index (κ1) is 22.1. The molecule has 1 aromatic carbocycles. The fourth-order valence-electron chi connectivity index (χ4n) is 3.65. The monoisotopic (exact) mass is 386 g/mol. The summed E-state index contributed by atoms with van der Waals surface area (Å²) in [5, 5.41) is 3.03. The average molecular weight is 387 g/mol. The van der Waals surface area contributed by atoms with Crippen LogP contribution < -0.4 is 5.32 Å². The lowest BCUT2D eigenvalue weighted by Gasteiger charge is -2.13. The fraction of sp³-hybridized carbons (Fsp3) is 0.609. The molecule has 0 unspecified atom stereocenters. The second-order valence-electron chi connectivity index (χ2n) is 7.58. The molecule has 154 valence electrons. The maximum Gasteiger partial charge on any atom is 0.229 e. The molecule has 1 aromatic rings. The third kappa shape index (κ3) is 7.45. The number of nitrogens with zero attached hydrogens (tertiary/aromatic N) is 1. The highest BCUT2D eigenvalue weighted by Gasteiger charge is 2.27. The maximum atomic E-state index is 12.1. The molecule has 1 aliphatic heterocycles. The van der Waals surface area contributed by atoms with Crippen molar-refractivity contribution in [2.24, 2.45) is 0 Å². The molecule has 0 aliphatic carbocycles. The second-order valence-corrected chi connectivity index (χ2v) is 7.58. The lowest BCUT2D eigenvalue weighted by molar-refractivity contribution is -0.138. The Morgan fingerprint density at radius 1 is 0.893 bits per heavy atom. The molecule has 0 spiro atoms. The topological polar surface area (TPSA) is 66.5 Å². The molecule has 3 amide bonds. The highest BCUT2D eigenvalue weighted by molar-refractivity contribution is 6.01. The minimum absolute atomic E-state index is 0.00720. The largest absolute Gasteiger partial charge is 0.326 e. The fourth-order valence-corrected chi connectivity index (χ4v) is 3.65. The molecule has 1 heterocycles. The molecule has 28 heavy (non-hydrogen) atoms. The zero-order valence-corrected chi connectivity index (χ0v) is 17.2. The Morgan fingerprint density at radius 3 is 2.11 bits per heavy atom. The summed E-state index contributed by atoms with van der Waals surface area (Å²) in [5.74, 6) is 0.0892. The molecule has 0 radical (unpaired) electrons. The number of hydrogen-bond acceptors (Lipinski definition) is 3. The summed E-state index contributed by atoms with van der Waals surface area (Å²) in [6.07, 6.45) is 10.9. The van der Waals surface area contributed by atoms with E-state index in [-0.39, 0.29) is 17.7 Å². The lowest BCUT2D eigenvalue weighted by atomic mass is 10.1. The van der Waals surface area contributed by atoms with Crippen LogP contribution >= 0.6 is 0 Å². The van der Waals surface area contributed by atoms with Gasteiger partial charge in [0.25, 0.3) is 0 Å². The van der Waals surface area contributed by atoms with Crippen LogP contribution in [-0.2, 0) is 20.8 Å². The summed E-state index contributed by atoms with van der Waals surface area (Å²) in [6, 6.07) is 7.97. The third-order valence-electron chi connectivity index (χ3n) is 5.36. The van der Waals surface area contributed by atoms with Gasteiger partial charge in [0.15, 0.2) is 0 Å². The van der Waals surface area contributed by atoms with Crippen LogP contribution in [0.15, 0.2) is 24.3 Å². The zero-order chi connectivity index (χ0) is 20.2. The van der Waals surface area contributed by atoms with Crippen molar-refractivity contribution in [3.63, 3.8) is 0 Å². The molecular formula is C23H34N2O3. The van der Waals surface area contributed by atoms with Gasteiger partial charge in [0.2, 0.25) is 17.7 Å². The number of nitrogens with one attached hydrogen (secondary N) is 1. The van der Waals surface area contributed by atoms with Crippen LogP contribution in [0.5, 0.6) is 0 Å². The van der Waals surface area contributed by atoms with E-state index in [0.29, 0.717) is 25.8 Å². The van der Waals surface area contributed by atoms with Crippen LogP contribution in [0, 0.1) is 0 Å². The van der Waals surface area contributed by atoms with Crippen LogP contribution in [0.1, 0.15) is 83.1 Å². The number of imide groups is 1. The van der Waals surface area contributed by atoms with Crippen molar-refractivity contribution >= 4 is 23.4 Å². The van der Waals surface area contributed by atoms with Gasteiger partial charge in [0.1, 0.15) is 0 Å². The number of aryl methyl sites for hydroxylation is 1. The van der Waals surface area contributed by atoms with Crippen LogP contribution in [0.25, 0.3) is 0 Å². The van der Waals surface area contributed by atoms with Gasteiger partial charge in [0.05, 0.1) is 0 Å². The first-order valence-corrected chi connectivity index (χ1v) is 10.8. The molecule has 0 saturated carbocycles. The average Bonchev–Trinajstić information content (AvgIpc) is 3.01. The van der Waals surface area contributed by atoms with E-state index in [1.54, 1.807) is 0 Å². The summed E-state index contributed by atoms with van der Waals surface area (Å²) in [4.78, 5) is 36.5. The molecule has 5 heteroatoms. The highest BCUT2D eigenvalue weighted by Crippen LogP contribution is 2.17. The van der Waals surface area contributed by atoms with Gasteiger partial charge in [-0.25, -0.2) is 0 Å². The van der Waals surface area contributed by atoms with Gasteiger partial charge in [-0.15, -0.1) is 0 Å². The number of carbonyl (C=O) groups is 3. The van der Waals surface area contributed by atoms with Crippen molar-refractivity contribution in [1.82, 2.24) is 4.90 Å². The summed E-state index contributed by atoms with van der Waals surface area (Å²) in [7, 11) is 0. The van der Waals surface area contributed by atoms with Crippen LogP contribution in [0.4, 0.5) is 5.69 Å². The molecule has 1 N–H and O–H groups in total. The number of amides is 3. The Morgan fingerprint density at radius 2 is 1.46 bits per heavy atom. The normalized spacial score (nSPS) is 14.0. The summed E-state index contributed by atoms with van der Waals surface area (Å²) >= 11 is 0. The molecule has 0 bridgehead atoms. The first-order chi connectivity index (χ1) is 13.6. The van der Waals surface area contributed by atoms with Gasteiger partial charge in [-0.2, -0.15) is 0 Å². The Labute approximate surface area is 168 Å². The summed E-state index contributed by atoms with van der Waals surface area (Å²) in [5.41, 5.74) is 2.11. The van der Waals surface area contributed by atoms with Gasteiger partial charge in [0, 0.05) is 31.5 Å². The first-order valence-electron chi connectivity index (χ1n) is 10.8. The van der Waals surface area contributed by atoms with Crippen molar-refractivity contribution in [3.8, 4) is 0 Å². The smallest absolute Gasteiger partial charge is 0.229 e. The molecular weight excluding hydrogens is 352 g/mol. The second kappa shape index (κ2) is 12.3. The number of rotatable bonds is 13. The molecule has 1 aliphatic rings. The minimum Gasteiger partial charge on any atom is -0.326 e. The number of unbranched alkanes of at least 4 members (excludes halogenated alkanes) is 7.